The largest absolute Gasteiger partial charge is 0.388 e. The Hall–Kier alpha value is -0.240. The quantitative estimate of drug-likeness (QED) is 0.834. The van der Waals surface area contributed by atoms with Crippen LogP contribution in [-0.2, 0) is 0 Å². The number of hydrogen-bond donors (Lipinski definition) is 1. The third-order valence-corrected chi connectivity index (χ3v) is 3.21. The minimum atomic E-state index is -0.463. The van der Waals surface area contributed by atoms with Crippen LogP contribution in [0.25, 0.3) is 0 Å². The average Bonchev–Trinajstić information content (AvgIpc) is 2.20. The minimum absolute atomic E-state index is 0.229. The molecule has 0 fully saturated rings. The van der Waals surface area contributed by atoms with Gasteiger partial charge in [0.1, 0.15) is 0 Å². The monoisotopic (exact) mass is 232 g/mol. The van der Waals surface area contributed by atoms with Crippen LogP contribution >= 0.6 is 23.2 Å². The first-order chi connectivity index (χ1) is 6.56. The Morgan fingerprint density at radius 3 is 2.43 bits per heavy atom. The van der Waals surface area contributed by atoms with Crippen molar-refractivity contribution in [3.8, 4) is 0 Å². The van der Waals surface area contributed by atoms with E-state index in [4.69, 9.17) is 23.2 Å². The van der Waals surface area contributed by atoms with Crippen molar-refractivity contribution in [2.45, 2.75) is 26.4 Å². The molecule has 1 N–H and O–H groups in total. The van der Waals surface area contributed by atoms with Crippen LogP contribution in [0.5, 0.6) is 0 Å². The van der Waals surface area contributed by atoms with Gasteiger partial charge < -0.3 is 5.11 Å². The molecule has 0 saturated carbocycles. The Morgan fingerprint density at radius 2 is 1.93 bits per heavy atom. The molecule has 0 radical (unpaired) electrons. The number of rotatable bonds is 3. The molecule has 0 heterocycles. The second-order valence-corrected chi connectivity index (χ2v) is 4.32. The van der Waals surface area contributed by atoms with E-state index in [1.54, 1.807) is 12.1 Å². The standard InChI is InChI=1S/C11H14Cl2O/c1-3-7(2)11(14)8-4-5-9(12)10(13)6-8/h4-7,11,14H,3H2,1-2H3. The van der Waals surface area contributed by atoms with Gasteiger partial charge in [-0.1, -0.05) is 49.5 Å². The van der Waals surface area contributed by atoms with Crippen molar-refractivity contribution in [3.63, 3.8) is 0 Å². The molecule has 1 rings (SSSR count). The second kappa shape index (κ2) is 5.01. The molecule has 1 aromatic carbocycles. The topological polar surface area (TPSA) is 20.2 Å². The van der Waals surface area contributed by atoms with Gasteiger partial charge in [0.2, 0.25) is 0 Å². The first-order valence-corrected chi connectivity index (χ1v) is 5.44. The lowest BCUT2D eigenvalue weighted by atomic mass is 9.95. The normalized spacial score (nSPS) is 15.2. The summed E-state index contributed by atoms with van der Waals surface area (Å²) >= 11 is 11.6. The molecule has 0 saturated heterocycles. The predicted molar refractivity (Wildman–Crippen MR) is 60.9 cm³/mol. The number of aliphatic hydroxyl groups is 1. The molecule has 0 aromatic heterocycles. The highest BCUT2D eigenvalue weighted by molar-refractivity contribution is 6.42. The zero-order chi connectivity index (χ0) is 10.7. The molecule has 0 amide bonds. The average molecular weight is 233 g/mol. The Balaban J connectivity index is 2.91. The fraction of sp³-hybridized carbons (Fsp3) is 0.455. The molecule has 14 heavy (non-hydrogen) atoms. The van der Waals surface area contributed by atoms with Crippen LogP contribution < -0.4 is 0 Å². The maximum atomic E-state index is 9.90. The fourth-order valence-corrected chi connectivity index (χ4v) is 1.55. The van der Waals surface area contributed by atoms with Crippen molar-refractivity contribution >= 4 is 23.2 Å². The third kappa shape index (κ3) is 2.63. The van der Waals surface area contributed by atoms with E-state index in [9.17, 15) is 5.11 Å². The summed E-state index contributed by atoms with van der Waals surface area (Å²) in [5.74, 6) is 0.229. The summed E-state index contributed by atoms with van der Waals surface area (Å²) in [6.45, 7) is 4.05. The van der Waals surface area contributed by atoms with Crippen molar-refractivity contribution in [1.82, 2.24) is 0 Å². The van der Waals surface area contributed by atoms with E-state index >= 15 is 0 Å². The van der Waals surface area contributed by atoms with E-state index in [2.05, 4.69) is 0 Å². The van der Waals surface area contributed by atoms with E-state index in [0.717, 1.165) is 12.0 Å². The van der Waals surface area contributed by atoms with Crippen LogP contribution in [0.2, 0.25) is 10.0 Å². The maximum absolute atomic E-state index is 9.90. The molecule has 1 nitrogen and oxygen atoms in total. The van der Waals surface area contributed by atoms with E-state index < -0.39 is 6.10 Å². The van der Waals surface area contributed by atoms with Crippen LogP contribution in [0.1, 0.15) is 31.9 Å². The molecule has 0 aliphatic carbocycles. The van der Waals surface area contributed by atoms with Crippen molar-refractivity contribution in [1.29, 1.82) is 0 Å². The van der Waals surface area contributed by atoms with E-state index in [-0.39, 0.29) is 5.92 Å². The van der Waals surface area contributed by atoms with Crippen molar-refractivity contribution in [3.05, 3.63) is 33.8 Å². The van der Waals surface area contributed by atoms with Crippen LogP contribution in [0.15, 0.2) is 18.2 Å². The van der Waals surface area contributed by atoms with E-state index in [1.807, 2.05) is 19.9 Å². The first kappa shape index (κ1) is 11.8. The molecule has 1 aromatic rings. The van der Waals surface area contributed by atoms with E-state index in [1.165, 1.54) is 0 Å². The fourth-order valence-electron chi connectivity index (χ4n) is 1.25. The van der Waals surface area contributed by atoms with Gasteiger partial charge >= 0.3 is 0 Å². The minimum Gasteiger partial charge on any atom is -0.388 e. The molecular weight excluding hydrogens is 219 g/mol. The highest BCUT2D eigenvalue weighted by atomic mass is 35.5. The Bertz CT molecular complexity index is 312. The summed E-state index contributed by atoms with van der Waals surface area (Å²) in [5, 5.41) is 10.9. The number of halogens is 2. The molecule has 0 aliphatic heterocycles. The summed E-state index contributed by atoms with van der Waals surface area (Å²) in [5.41, 5.74) is 0.828. The van der Waals surface area contributed by atoms with Gasteiger partial charge in [0, 0.05) is 0 Å². The zero-order valence-corrected chi connectivity index (χ0v) is 9.81. The summed E-state index contributed by atoms with van der Waals surface area (Å²) in [7, 11) is 0. The summed E-state index contributed by atoms with van der Waals surface area (Å²) in [6, 6.07) is 5.25. The first-order valence-electron chi connectivity index (χ1n) is 4.69. The third-order valence-electron chi connectivity index (χ3n) is 2.47. The maximum Gasteiger partial charge on any atom is 0.0815 e. The van der Waals surface area contributed by atoms with Crippen molar-refractivity contribution in [2.24, 2.45) is 5.92 Å². The lowest BCUT2D eigenvalue weighted by Crippen LogP contribution is -2.07. The van der Waals surface area contributed by atoms with Gasteiger partial charge in [0.15, 0.2) is 0 Å². The summed E-state index contributed by atoms with van der Waals surface area (Å²) in [4.78, 5) is 0. The molecule has 2 atom stereocenters. The Kier molecular flexibility index (Phi) is 4.24. The number of benzene rings is 1. The van der Waals surface area contributed by atoms with Crippen LogP contribution in [0, 0.1) is 5.92 Å². The zero-order valence-electron chi connectivity index (χ0n) is 8.30. The van der Waals surface area contributed by atoms with Crippen LogP contribution in [-0.4, -0.2) is 5.11 Å². The van der Waals surface area contributed by atoms with Gasteiger partial charge in [0.25, 0.3) is 0 Å². The van der Waals surface area contributed by atoms with Crippen LogP contribution in [0.4, 0.5) is 0 Å². The lowest BCUT2D eigenvalue weighted by Gasteiger charge is -2.17. The van der Waals surface area contributed by atoms with Gasteiger partial charge in [-0.2, -0.15) is 0 Å². The van der Waals surface area contributed by atoms with Gasteiger partial charge in [0.05, 0.1) is 16.1 Å². The summed E-state index contributed by atoms with van der Waals surface area (Å²) in [6.07, 6.45) is 0.469. The molecule has 0 spiro atoms. The van der Waals surface area contributed by atoms with Crippen LogP contribution in [0.3, 0.4) is 0 Å². The number of aliphatic hydroxyl groups excluding tert-OH is 1. The van der Waals surface area contributed by atoms with Crippen molar-refractivity contribution in [2.75, 3.05) is 0 Å². The Morgan fingerprint density at radius 1 is 1.29 bits per heavy atom. The molecule has 78 valence electrons. The summed E-state index contributed by atoms with van der Waals surface area (Å²) < 4.78 is 0. The van der Waals surface area contributed by atoms with Gasteiger partial charge in [-0.15, -0.1) is 0 Å². The predicted octanol–water partition coefficient (Wildman–Crippen LogP) is 4.07. The van der Waals surface area contributed by atoms with Crippen molar-refractivity contribution < 1.29 is 5.11 Å². The smallest absolute Gasteiger partial charge is 0.0815 e. The van der Waals surface area contributed by atoms with Gasteiger partial charge in [-0.25, -0.2) is 0 Å². The van der Waals surface area contributed by atoms with Gasteiger partial charge in [-0.3, -0.25) is 0 Å². The molecule has 0 aliphatic rings. The Labute approximate surface area is 94.7 Å². The number of hydrogen-bond acceptors (Lipinski definition) is 1. The molecule has 3 heteroatoms. The lowest BCUT2D eigenvalue weighted by molar-refractivity contribution is 0.115. The van der Waals surface area contributed by atoms with Gasteiger partial charge in [-0.05, 0) is 23.6 Å². The molecule has 0 bridgehead atoms. The SMILES string of the molecule is CCC(C)C(O)c1ccc(Cl)c(Cl)c1. The highest BCUT2D eigenvalue weighted by Crippen LogP contribution is 2.29. The molecule has 2 unspecified atom stereocenters. The van der Waals surface area contributed by atoms with E-state index in [0.29, 0.717) is 10.0 Å². The molecular formula is C11H14Cl2O. The second-order valence-electron chi connectivity index (χ2n) is 3.50. The highest BCUT2D eigenvalue weighted by Gasteiger charge is 2.15.